The molecule has 1 aromatic carbocycles. The second-order valence-electron chi connectivity index (χ2n) is 4.50. The third kappa shape index (κ3) is 6.63. The Hall–Kier alpha value is -1.47. The van der Waals surface area contributed by atoms with Crippen LogP contribution < -0.4 is 16.4 Å². The van der Waals surface area contributed by atoms with Crippen molar-refractivity contribution in [2.45, 2.75) is 25.6 Å². The lowest BCUT2D eigenvalue weighted by atomic mass is 10.1. The molecule has 0 fully saturated rings. The zero-order chi connectivity index (χ0) is 14.8. The normalized spacial score (nSPS) is 13.8. The van der Waals surface area contributed by atoms with Gasteiger partial charge in [-0.05, 0) is 18.9 Å². The first kappa shape index (κ1) is 16.6. The van der Waals surface area contributed by atoms with Crippen LogP contribution in [-0.2, 0) is 16.0 Å². The number of ether oxygens (including phenoxy) is 1. The van der Waals surface area contributed by atoms with Crippen molar-refractivity contribution < 1.29 is 14.6 Å². The molecule has 112 valence electrons. The maximum atomic E-state index is 11.4. The molecule has 6 nitrogen and oxygen atoms in total. The predicted molar refractivity (Wildman–Crippen MR) is 76.8 cm³/mol. The minimum Gasteiger partial charge on any atom is -0.381 e. The van der Waals surface area contributed by atoms with Gasteiger partial charge < -0.3 is 20.9 Å². The van der Waals surface area contributed by atoms with Crippen LogP contribution in [0.5, 0.6) is 0 Å². The van der Waals surface area contributed by atoms with Crippen LogP contribution in [0.1, 0.15) is 12.5 Å². The topological polar surface area (TPSA) is 96.6 Å². The Kier molecular flexibility index (Phi) is 7.82. The van der Waals surface area contributed by atoms with Crippen LogP contribution in [0.25, 0.3) is 0 Å². The number of carbonyl (C=O) groups excluding carboxylic acids is 1. The highest BCUT2D eigenvalue weighted by Crippen LogP contribution is 2.04. The summed E-state index contributed by atoms with van der Waals surface area (Å²) < 4.78 is 5.54. The molecular formula is C14H23N3O3. The second-order valence-corrected chi connectivity index (χ2v) is 4.50. The molecule has 20 heavy (non-hydrogen) atoms. The third-order valence-electron chi connectivity index (χ3n) is 2.80. The van der Waals surface area contributed by atoms with E-state index in [2.05, 4.69) is 10.6 Å². The largest absolute Gasteiger partial charge is 0.381 e. The van der Waals surface area contributed by atoms with E-state index in [9.17, 15) is 4.79 Å². The number of nitrogens with two attached hydrogens (primary N) is 1. The molecule has 0 radical (unpaired) electrons. The average Bonchev–Trinajstić information content (AvgIpc) is 2.46. The summed E-state index contributed by atoms with van der Waals surface area (Å²) in [6.45, 7) is 1.94. The van der Waals surface area contributed by atoms with Crippen molar-refractivity contribution in [1.82, 2.24) is 10.6 Å². The summed E-state index contributed by atoms with van der Waals surface area (Å²) in [5.74, 6) is -0.211. The quantitative estimate of drug-likeness (QED) is 0.461. The number of rotatable bonds is 9. The van der Waals surface area contributed by atoms with Gasteiger partial charge in [0.2, 0.25) is 5.91 Å². The summed E-state index contributed by atoms with van der Waals surface area (Å²) >= 11 is 0. The smallest absolute Gasteiger partial charge is 0.234 e. The van der Waals surface area contributed by atoms with Gasteiger partial charge in [-0.15, -0.1) is 0 Å². The van der Waals surface area contributed by atoms with Gasteiger partial charge in [-0.1, -0.05) is 30.3 Å². The van der Waals surface area contributed by atoms with Crippen LogP contribution in [0.4, 0.5) is 0 Å². The Bertz CT molecular complexity index is 387. The summed E-state index contributed by atoms with van der Waals surface area (Å²) in [6, 6.07) is 9.69. The predicted octanol–water partition coefficient (Wildman–Crippen LogP) is -0.425. The summed E-state index contributed by atoms with van der Waals surface area (Å²) in [7, 11) is 0. The van der Waals surface area contributed by atoms with Crippen LogP contribution in [0.15, 0.2) is 30.3 Å². The van der Waals surface area contributed by atoms with Gasteiger partial charge in [0, 0.05) is 0 Å². The molecule has 2 unspecified atom stereocenters. The molecule has 2 atom stereocenters. The van der Waals surface area contributed by atoms with E-state index in [1.54, 1.807) is 6.92 Å². The maximum Gasteiger partial charge on any atom is 0.234 e. The van der Waals surface area contributed by atoms with Gasteiger partial charge in [0.25, 0.3) is 0 Å². The summed E-state index contributed by atoms with van der Waals surface area (Å²) in [5, 5.41) is 14.3. The number of aliphatic hydroxyl groups excluding tert-OH is 1. The molecule has 0 aliphatic heterocycles. The van der Waals surface area contributed by atoms with Crippen LogP contribution in [0.3, 0.4) is 0 Å². The van der Waals surface area contributed by atoms with E-state index in [1.165, 1.54) is 0 Å². The molecule has 1 amide bonds. The number of hydrogen-bond acceptors (Lipinski definition) is 5. The van der Waals surface area contributed by atoms with E-state index < -0.39 is 0 Å². The molecular weight excluding hydrogens is 258 g/mol. The van der Waals surface area contributed by atoms with Crippen LogP contribution >= 0.6 is 0 Å². The van der Waals surface area contributed by atoms with Gasteiger partial charge in [-0.25, -0.2) is 0 Å². The number of carbonyl (C=O) groups is 1. The molecule has 1 aromatic rings. The highest BCUT2D eigenvalue weighted by molar-refractivity contribution is 5.78. The number of hydrogen-bond donors (Lipinski definition) is 4. The molecule has 0 bridgehead atoms. The lowest BCUT2D eigenvalue weighted by Gasteiger charge is -2.21. The Labute approximate surface area is 119 Å². The highest BCUT2D eigenvalue weighted by Gasteiger charge is 2.14. The van der Waals surface area contributed by atoms with E-state index in [0.717, 1.165) is 5.56 Å². The van der Waals surface area contributed by atoms with Gasteiger partial charge >= 0.3 is 0 Å². The number of amides is 1. The molecule has 0 heterocycles. The third-order valence-corrected chi connectivity index (χ3v) is 2.80. The number of aliphatic hydroxyl groups is 1. The molecule has 0 saturated carbocycles. The first-order valence-corrected chi connectivity index (χ1v) is 6.65. The van der Waals surface area contributed by atoms with Crippen molar-refractivity contribution in [3.05, 3.63) is 35.9 Å². The molecule has 0 aliphatic rings. The van der Waals surface area contributed by atoms with Crippen molar-refractivity contribution in [2.75, 3.05) is 19.9 Å². The fraction of sp³-hybridized carbons (Fsp3) is 0.500. The van der Waals surface area contributed by atoms with E-state index >= 15 is 0 Å². The Morgan fingerprint density at radius 3 is 2.70 bits per heavy atom. The first-order chi connectivity index (χ1) is 9.65. The van der Waals surface area contributed by atoms with Crippen molar-refractivity contribution in [1.29, 1.82) is 0 Å². The number of benzene rings is 1. The molecule has 0 aliphatic carbocycles. The zero-order valence-electron chi connectivity index (χ0n) is 11.7. The Morgan fingerprint density at radius 1 is 1.40 bits per heavy atom. The summed E-state index contributed by atoms with van der Waals surface area (Å²) in [4.78, 5) is 11.4. The van der Waals surface area contributed by atoms with Crippen molar-refractivity contribution in [2.24, 2.45) is 5.73 Å². The Balaban J connectivity index is 2.53. The average molecular weight is 281 g/mol. The standard InChI is InChI=1S/C14H23N3O3/c1-11(16-10-18)20-9-13(17-14(19)8-15)7-12-5-3-2-4-6-12/h2-6,11,13,16,18H,7-10,15H2,1H3,(H,17,19). The van der Waals surface area contributed by atoms with Gasteiger partial charge in [-0.2, -0.15) is 0 Å². The minimum atomic E-state index is -0.284. The van der Waals surface area contributed by atoms with E-state index in [-0.39, 0.29) is 31.5 Å². The molecule has 5 N–H and O–H groups in total. The van der Waals surface area contributed by atoms with E-state index in [1.807, 2.05) is 30.3 Å². The van der Waals surface area contributed by atoms with E-state index in [0.29, 0.717) is 13.0 Å². The van der Waals surface area contributed by atoms with Gasteiger partial charge in [0.1, 0.15) is 6.23 Å². The van der Waals surface area contributed by atoms with Crippen molar-refractivity contribution in [3.8, 4) is 0 Å². The lowest BCUT2D eigenvalue weighted by molar-refractivity contribution is -0.121. The number of nitrogens with one attached hydrogen (secondary N) is 2. The molecule has 0 spiro atoms. The zero-order valence-corrected chi connectivity index (χ0v) is 11.7. The van der Waals surface area contributed by atoms with Gasteiger partial charge in [0.15, 0.2) is 0 Å². The SMILES string of the molecule is CC(NCO)OCC(Cc1ccccc1)NC(=O)CN. The van der Waals surface area contributed by atoms with Crippen molar-refractivity contribution >= 4 is 5.91 Å². The highest BCUT2D eigenvalue weighted by atomic mass is 16.5. The monoisotopic (exact) mass is 281 g/mol. The summed E-state index contributed by atoms with van der Waals surface area (Å²) in [5.41, 5.74) is 6.43. The first-order valence-electron chi connectivity index (χ1n) is 6.65. The van der Waals surface area contributed by atoms with Gasteiger partial charge in [0.05, 0.1) is 25.9 Å². The maximum absolute atomic E-state index is 11.4. The lowest BCUT2D eigenvalue weighted by Crippen LogP contribution is -2.44. The molecule has 6 heteroatoms. The fourth-order valence-corrected chi connectivity index (χ4v) is 1.78. The van der Waals surface area contributed by atoms with E-state index in [4.69, 9.17) is 15.6 Å². The van der Waals surface area contributed by atoms with Crippen LogP contribution in [0.2, 0.25) is 0 Å². The Morgan fingerprint density at radius 2 is 2.10 bits per heavy atom. The fourth-order valence-electron chi connectivity index (χ4n) is 1.78. The van der Waals surface area contributed by atoms with Crippen LogP contribution in [0, 0.1) is 0 Å². The molecule has 0 aromatic heterocycles. The van der Waals surface area contributed by atoms with Crippen molar-refractivity contribution in [3.63, 3.8) is 0 Å². The van der Waals surface area contributed by atoms with Crippen LogP contribution in [-0.4, -0.2) is 43.2 Å². The second kappa shape index (κ2) is 9.44. The minimum absolute atomic E-state index is 0.0459. The summed E-state index contributed by atoms with van der Waals surface area (Å²) in [6.07, 6.45) is 0.381. The molecule has 1 rings (SSSR count). The van der Waals surface area contributed by atoms with Gasteiger partial charge in [-0.3, -0.25) is 10.1 Å². The molecule has 0 saturated heterocycles.